The second-order valence-corrected chi connectivity index (χ2v) is 14.5. The topological polar surface area (TPSA) is 105 Å². The highest BCUT2D eigenvalue weighted by Crippen LogP contribution is 2.51. The Balaban J connectivity index is 1.11. The lowest BCUT2D eigenvalue weighted by Crippen LogP contribution is -2.47. The van der Waals surface area contributed by atoms with Crippen molar-refractivity contribution >= 4 is 39.2 Å². The minimum absolute atomic E-state index is 0.0904. The standard InChI is InChI=1S/C35H30ClF3N2O5S/c36-28-13-12-24(34(42)41-27-15-29(37)32(39)30(38)16-27)14-31(28)47(44,45)33-25-10-11-26(33)18-35(43,17-25)20-40-46-19-21-6-8-23(9-7-21)22-4-2-1-3-5-22/h1-9,12-16,20,25-26,33,43H,10-11,17-19H2,(H,41,42)/b40-20+. The fraction of sp³-hybridized carbons (Fsp3) is 0.257. The van der Waals surface area contributed by atoms with Gasteiger partial charge in [-0.2, -0.15) is 0 Å². The molecule has 4 aromatic rings. The molecule has 12 heteroatoms. The van der Waals surface area contributed by atoms with E-state index in [1.807, 2.05) is 54.6 Å². The highest BCUT2D eigenvalue weighted by Gasteiger charge is 2.54. The van der Waals surface area contributed by atoms with Gasteiger partial charge in [-0.15, -0.1) is 0 Å². The number of amides is 1. The molecule has 244 valence electrons. The summed E-state index contributed by atoms with van der Waals surface area (Å²) >= 11 is 6.33. The predicted molar refractivity (Wildman–Crippen MR) is 172 cm³/mol. The maximum absolute atomic E-state index is 14.0. The second kappa shape index (κ2) is 13.1. The summed E-state index contributed by atoms with van der Waals surface area (Å²) in [5.41, 5.74) is 1.24. The van der Waals surface area contributed by atoms with Crippen molar-refractivity contribution in [3.8, 4) is 11.1 Å². The van der Waals surface area contributed by atoms with E-state index in [4.69, 9.17) is 16.4 Å². The van der Waals surface area contributed by atoms with Gasteiger partial charge in [0.1, 0.15) is 12.2 Å². The molecule has 2 atom stereocenters. The maximum atomic E-state index is 14.0. The Hall–Kier alpha value is -4.19. The Morgan fingerprint density at radius 3 is 2.19 bits per heavy atom. The lowest BCUT2D eigenvalue weighted by molar-refractivity contribution is 0.0411. The van der Waals surface area contributed by atoms with E-state index >= 15 is 0 Å². The average molecular weight is 683 g/mol. The highest BCUT2D eigenvalue weighted by atomic mass is 35.5. The quantitative estimate of drug-likeness (QED) is 0.108. The molecule has 2 bridgehead atoms. The third kappa shape index (κ3) is 6.93. The molecule has 0 aromatic heterocycles. The van der Waals surface area contributed by atoms with Gasteiger partial charge in [0, 0.05) is 23.4 Å². The first-order valence-electron chi connectivity index (χ1n) is 15.0. The van der Waals surface area contributed by atoms with Crippen molar-refractivity contribution in [3.05, 3.63) is 119 Å². The Labute approximate surface area is 274 Å². The molecule has 2 N–H and O–H groups in total. The third-order valence-corrected chi connectivity index (χ3v) is 11.7. The van der Waals surface area contributed by atoms with Gasteiger partial charge >= 0.3 is 0 Å². The largest absolute Gasteiger partial charge is 0.391 e. The van der Waals surface area contributed by atoms with Gasteiger partial charge in [0.15, 0.2) is 27.3 Å². The molecule has 0 spiro atoms. The summed E-state index contributed by atoms with van der Waals surface area (Å²) in [5.74, 6) is -6.33. The fourth-order valence-corrected chi connectivity index (χ4v) is 9.54. The minimum atomic E-state index is -4.08. The molecule has 0 saturated heterocycles. The van der Waals surface area contributed by atoms with Gasteiger partial charge in [-0.25, -0.2) is 21.6 Å². The molecule has 7 nitrogen and oxygen atoms in total. The number of nitrogens with zero attached hydrogens (tertiary/aromatic N) is 1. The van der Waals surface area contributed by atoms with Crippen LogP contribution in [0.1, 0.15) is 41.6 Å². The number of aliphatic hydroxyl groups is 1. The number of nitrogens with one attached hydrogen (secondary N) is 1. The van der Waals surface area contributed by atoms with Gasteiger partial charge in [-0.05, 0) is 72.4 Å². The molecule has 0 aliphatic heterocycles. The van der Waals surface area contributed by atoms with Crippen molar-refractivity contribution in [1.29, 1.82) is 0 Å². The first kappa shape index (κ1) is 32.7. The molecular formula is C35H30ClF3N2O5S. The van der Waals surface area contributed by atoms with Crippen LogP contribution in [0.25, 0.3) is 11.1 Å². The summed E-state index contributed by atoms with van der Waals surface area (Å²) in [7, 11) is -4.08. The molecule has 0 radical (unpaired) electrons. The molecule has 6 rings (SSSR count). The summed E-state index contributed by atoms with van der Waals surface area (Å²) in [5, 5.41) is 16.7. The van der Waals surface area contributed by atoms with E-state index in [9.17, 15) is 31.5 Å². The SMILES string of the molecule is O=C(Nc1cc(F)c(F)c(F)c1)c1ccc(Cl)c(S(=O)(=O)C2C3CCC2CC(O)(/C=N/OCc2ccc(-c4ccccc4)cc2)C3)c1. The average Bonchev–Trinajstić information content (AvgIpc) is 3.35. The van der Waals surface area contributed by atoms with Crippen molar-refractivity contribution in [2.75, 3.05) is 5.32 Å². The number of fused-ring (bicyclic) bond motifs is 2. The van der Waals surface area contributed by atoms with Crippen molar-refractivity contribution in [3.63, 3.8) is 0 Å². The van der Waals surface area contributed by atoms with Gasteiger partial charge in [-0.1, -0.05) is 71.4 Å². The van der Waals surface area contributed by atoms with Crippen molar-refractivity contribution in [2.45, 2.75) is 48.0 Å². The molecule has 2 unspecified atom stereocenters. The highest BCUT2D eigenvalue weighted by molar-refractivity contribution is 7.92. The van der Waals surface area contributed by atoms with Crippen LogP contribution < -0.4 is 5.32 Å². The number of anilines is 1. The second-order valence-electron chi connectivity index (χ2n) is 12.0. The molecule has 4 aromatic carbocycles. The minimum Gasteiger partial charge on any atom is -0.391 e. The van der Waals surface area contributed by atoms with Crippen molar-refractivity contribution < 1.29 is 36.3 Å². The molecule has 47 heavy (non-hydrogen) atoms. The predicted octanol–water partition coefficient (Wildman–Crippen LogP) is 7.57. The summed E-state index contributed by atoms with van der Waals surface area (Å²) in [4.78, 5) is 18.1. The van der Waals surface area contributed by atoms with Gasteiger partial charge in [-0.3, -0.25) is 4.79 Å². The third-order valence-electron chi connectivity index (χ3n) is 8.83. The van der Waals surface area contributed by atoms with E-state index in [-0.39, 0.29) is 40.6 Å². The van der Waals surface area contributed by atoms with Crippen LogP contribution in [0.5, 0.6) is 0 Å². The molecule has 2 aliphatic carbocycles. The number of hydrogen-bond acceptors (Lipinski definition) is 6. The lowest BCUT2D eigenvalue weighted by atomic mass is 9.78. The zero-order chi connectivity index (χ0) is 33.3. The zero-order valence-electron chi connectivity index (χ0n) is 24.9. The van der Waals surface area contributed by atoms with E-state index in [0.717, 1.165) is 22.8 Å². The number of carbonyl (C=O) groups excluding carboxylic acids is 1. The first-order valence-corrected chi connectivity index (χ1v) is 16.9. The van der Waals surface area contributed by atoms with Crippen molar-refractivity contribution in [2.24, 2.45) is 17.0 Å². The van der Waals surface area contributed by atoms with Crippen LogP contribution >= 0.6 is 11.6 Å². The first-order chi connectivity index (χ1) is 22.4. The van der Waals surface area contributed by atoms with Crippen LogP contribution in [0.15, 0.2) is 95.0 Å². The van der Waals surface area contributed by atoms with Gasteiger partial charge in [0.05, 0.1) is 21.4 Å². The van der Waals surface area contributed by atoms with Gasteiger partial charge < -0.3 is 15.3 Å². The lowest BCUT2D eigenvalue weighted by Gasteiger charge is -2.38. The van der Waals surface area contributed by atoms with Gasteiger partial charge in [0.25, 0.3) is 5.91 Å². The Morgan fingerprint density at radius 2 is 1.55 bits per heavy atom. The fourth-order valence-electron chi connectivity index (χ4n) is 6.69. The molecule has 2 fully saturated rings. The Morgan fingerprint density at radius 1 is 0.936 bits per heavy atom. The number of hydrogen-bond donors (Lipinski definition) is 2. The van der Waals surface area contributed by atoms with Crippen LogP contribution in [0, 0.1) is 29.3 Å². The monoisotopic (exact) mass is 682 g/mol. The Bertz CT molecular complexity index is 1900. The molecule has 0 heterocycles. The van der Waals surface area contributed by atoms with E-state index in [2.05, 4.69) is 10.5 Å². The van der Waals surface area contributed by atoms with Crippen molar-refractivity contribution in [1.82, 2.24) is 0 Å². The summed E-state index contributed by atoms with van der Waals surface area (Å²) in [6.45, 7) is 0.193. The molecule has 1 amide bonds. The van der Waals surface area contributed by atoms with Crippen LogP contribution in [-0.2, 0) is 21.3 Å². The number of carbonyl (C=O) groups is 1. The van der Waals surface area contributed by atoms with E-state index in [1.165, 1.54) is 18.3 Å². The van der Waals surface area contributed by atoms with E-state index in [1.54, 1.807) is 0 Å². The molecule has 2 saturated carbocycles. The van der Waals surface area contributed by atoms with E-state index in [0.29, 0.717) is 25.0 Å². The summed E-state index contributed by atoms with van der Waals surface area (Å²) < 4.78 is 68.5. The zero-order valence-corrected chi connectivity index (χ0v) is 26.4. The number of oxime groups is 1. The number of sulfone groups is 1. The number of rotatable bonds is 9. The number of benzene rings is 4. The Kier molecular flexibility index (Phi) is 9.15. The summed E-state index contributed by atoms with van der Waals surface area (Å²) in [6.07, 6.45) is 2.77. The van der Waals surface area contributed by atoms with Crippen LogP contribution in [0.2, 0.25) is 5.02 Å². The maximum Gasteiger partial charge on any atom is 0.255 e. The van der Waals surface area contributed by atoms with E-state index < -0.39 is 55.9 Å². The number of halogens is 4. The summed E-state index contributed by atoms with van der Waals surface area (Å²) in [6, 6.07) is 22.7. The van der Waals surface area contributed by atoms with Gasteiger partial charge in [0.2, 0.25) is 0 Å². The van der Waals surface area contributed by atoms with Crippen LogP contribution in [0.4, 0.5) is 18.9 Å². The van der Waals surface area contributed by atoms with Crippen LogP contribution in [-0.4, -0.2) is 36.5 Å². The smallest absolute Gasteiger partial charge is 0.255 e. The normalized spacial score (nSPS) is 22.4. The molecular weight excluding hydrogens is 653 g/mol. The molecule has 2 aliphatic rings. The van der Waals surface area contributed by atoms with Crippen LogP contribution in [0.3, 0.4) is 0 Å².